The van der Waals surface area contributed by atoms with Crippen molar-refractivity contribution in [3.63, 3.8) is 0 Å². The Morgan fingerprint density at radius 1 is 1.17 bits per heavy atom. The maximum absolute atomic E-state index is 12.9. The average Bonchev–Trinajstić information content (AvgIpc) is 3.26. The summed E-state index contributed by atoms with van der Waals surface area (Å²) in [6.07, 6.45) is 8.04. The zero-order valence-corrected chi connectivity index (χ0v) is 14.5. The molecule has 24 heavy (non-hydrogen) atoms. The Morgan fingerprint density at radius 2 is 2.00 bits per heavy atom. The number of nitrogens with zero attached hydrogens (tertiary/aromatic N) is 4. The molecule has 2 aromatic heterocycles. The van der Waals surface area contributed by atoms with Crippen LogP contribution in [0.3, 0.4) is 0 Å². The summed E-state index contributed by atoms with van der Waals surface area (Å²) in [5, 5.41) is 8.41. The number of aromatic nitrogens is 3. The highest BCUT2D eigenvalue weighted by atomic mass is 32.2. The number of rotatable bonds is 3. The van der Waals surface area contributed by atoms with Gasteiger partial charge in [-0.2, -0.15) is 0 Å². The van der Waals surface area contributed by atoms with Crippen molar-refractivity contribution in [2.24, 2.45) is 5.41 Å². The van der Waals surface area contributed by atoms with Crippen LogP contribution >= 0.6 is 0 Å². The Hall–Kier alpha value is -1.47. The Labute approximate surface area is 141 Å². The van der Waals surface area contributed by atoms with Crippen LogP contribution in [0.1, 0.15) is 50.3 Å². The number of hydrogen-bond acceptors (Lipinski definition) is 4. The van der Waals surface area contributed by atoms with Gasteiger partial charge >= 0.3 is 0 Å². The lowest BCUT2D eigenvalue weighted by Crippen LogP contribution is -2.49. The third-order valence-electron chi connectivity index (χ3n) is 6.15. The van der Waals surface area contributed by atoms with Crippen molar-refractivity contribution in [3.05, 3.63) is 30.2 Å². The molecule has 1 atom stereocenters. The molecule has 6 nitrogen and oxygen atoms in total. The van der Waals surface area contributed by atoms with Crippen LogP contribution in [0.2, 0.25) is 0 Å². The third kappa shape index (κ3) is 2.21. The largest absolute Gasteiger partial charge is 0.286 e. The highest BCUT2D eigenvalue weighted by molar-refractivity contribution is 7.89. The van der Waals surface area contributed by atoms with Gasteiger partial charge in [0, 0.05) is 25.2 Å². The van der Waals surface area contributed by atoms with Gasteiger partial charge < -0.3 is 0 Å². The molecule has 0 radical (unpaired) electrons. The molecule has 0 aromatic carbocycles. The minimum atomic E-state index is -3.16. The third-order valence-corrected chi connectivity index (χ3v) is 8.38. The van der Waals surface area contributed by atoms with Crippen molar-refractivity contribution in [2.45, 2.75) is 49.7 Å². The summed E-state index contributed by atoms with van der Waals surface area (Å²) in [7, 11) is -3.16. The number of hydrogen-bond donors (Lipinski definition) is 0. The van der Waals surface area contributed by atoms with Crippen molar-refractivity contribution >= 4 is 15.7 Å². The summed E-state index contributed by atoms with van der Waals surface area (Å²) in [5.41, 5.74) is 1.23. The van der Waals surface area contributed by atoms with Crippen LogP contribution in [-0.4, -0.2) is 45.7 Å². The number of sulfonamides is 1. The van der Waals surface area contributed by atoms with E-state index in [-0.39, 0.29) is 11.2 Å². The molecule has 3 aliphatic rings. The normalized spacial score (nSPS) is 27.4. The van der Waals surface area contributed by atoms with E-state index in [0.717, 1.165) is 37.2 Å². The van der Waals surface area contributed by atoms with E-state index >= 15 is 0 Å². The fourth-order valence-electron chi connectivity index (χ4n) is 4.44. The smallest absolute Gasteiger partial charge is 0.217 e. The molecule has 0 N–H and O–H groups in total. The quantitative estimate of drug-likeness (QED) is 0.854. The van der Waals surface area contributed by atoms with Crippen molar-refractivity contribution in [1.29, 1.82) is 0 Å². The summed E-state index contributed by atoms with van der Waals surface area (Å²) >= 11 is 0. The van der Waals surface area contributed by atoms with Crippen LogP contribution in [0.15, 0.2) is 24.4 Å². The fourth-order valence-corrected chi connectivity index (χ4v) is 6.76. The van der Waals surface area contributed by atoms with Gasteiger partial charge in [-0.25, -0.2) is 12.7 Å². The van der Waals surface area contributed by atoms with E-state index in [1.54, 1.807) is 4.31 Å². The second-order valence-electron chi connectivity index (χ2n) is 7.76. The maximum atomic E-state index is 12.9. The Bertz CT molecular complexity index is 879. The van der Waals surface area contributed by atoms with Crippen LogP contribution in [0, 0.1) is 5.41 Å². The molecule has 1 spiro atoms. The lowest BCUT2D eigenvalue weighted by molar-refractivity contribution is 0.257. The van der Waals surface area contributed by atoms with Crippen LogP contribution in [-0.2, 0) is 10.0 Å². The zero-order valence-electron chi connectivity index (χ0n) is 13.6. The van der Waals surface area contributed by atoms with E-state index in [2.05, 4.69) is 10.2 Å². The standard InChI is InChI=1S/C17H22N4O2S/c22-24(23,14-10-17(11-14)6-7-17)20-8-3-4-13(12-20)16-19-18-15-5-1-2-9-21(15)16/h1-2,5,9,13-14H,3-4,6-8,10-12H2. The van der Waals surface area contributed by atoms with E-state index < -0.39 is 10.0 Å². The molecule has 2 saturated carbocycles. The average molecular weight is 346 g/mol. The molecular weight excluding hydrogens is 324 g/mol. The Kier molecular flexibility index (Phi) is 3.10. The first-order chi connectivity index (χ1) is 11.6. The molecular formula is C17H22N4O2S. The first kappa shape index (κ1) is 14.8. The molecule has 128 valence electrons. The van der Waals surface area contributed by atoms with E-state index in [9.17, 15) is 8.42 Å². The summed E-state index contributed by atoms with van der Waals surface area (Å²) in [5.74, 6) is 1.01. The van der Waals surface area contributed by atoms with E-state index in [0.29, 0.717) is 18.5 Å². The Morgan fingerprint density at radius 3 is 2.79 bits per heavy atom. The van der Waals surface area contributed by atoms with Gasteiger partial charge in [-0.3, -0.25) is 4.40 Å². The lowest BCUT2D eigenvalue weighted by Gasteiger charge is -2.40. The molecule has 3 fully saturated rings. The summed E-state index contributed by atoms with van der Waals surface area (Å²) in [6.45, 7) is 1.20. The van der Waals surface area contributed by atoms with Gasteiger partial charge in [0.1, 0.15) is 5.82 Å². The maximum Gasteiger partial charge on any atom is 0.217 e. The van der Waals surface area contributed by atoms with E-state index in [1.165, 1.54) is 12.8 Å². The molecule has 1 unspecified atom stereocenters. The molecule has 2 aromatic rings. The molecule has 5 rings (SSSR count). The van der Waals surface area contributed by atoms with Crippen LogP contribution in [0.5, 0.6) is 0 Å². The highest BCUT2D eigenvalue weighted by Crippen LogP contribution is 2.62. The summed E-state index contributed by atoms with van der Waals surface area (Å²) < 4.78 is 29.6. The fraction of sp³-hybridized carbons (Fsp3) is 0.647. The number of pyridine rings is 1. The summed E-state index contributed by atoms with van der Waals surface area (Å²) in [4.78, 5) is 0. The summed E-state index contributed by atoms with van der Waals surface area (Å²) in [6, 6.07) is 5.83. The molecule has 2 aliphatic carbocycles. The first-order valence-corrected chi connectivity index (χ1v) is 10.4. The van der Waals surface area contributed by atoms with Gasteiger partial charge in [-0.1, -0.05) is 6.07 Å². The lowest BCUT2D eigenvalue weighted by atomic mass is 9.81. The van der Waals surface area contributed by atoms with Crippen molar-refractivity contribution < 1.29 is 8.42 Å². The van der Waals surface area contributed by atoms with E-state index in [4.69, 9.17) is 0 Å². The number of piperidine rings is 1. The minimum absolute atomic E-state index is 0.126. The SMILES string of the molecule is O=S(=O)(C1CC2(CC2)C1)N1CCCC(c2nnc3ccccn23)C1. The zero-order chi connectivity index (χ0) is 16.4. The first-order valence-electron chi connectivity index (χ1n) is 8.86. The second kappa shape index (κ2) is 5.02. The van der Waals surface area contributed by atoms with Crippen molar-refractivity contribution in [2.75, 3.05) is 13.1 Å². The molecule has 1 saturated heterocycles. The highest BCUT2D eigenvalue weighted by Gasteiger charge is 2.58. The predicted molar refractivity (Wildman–Crippen MR) is 90.1 cm³/mol. The minimum Gasteiger partial charge on any atom is -0.286 e. The van der Waals surface area contributed by atoms with Crippen molar-refractivity contribution in [3.8, 4) is 0 Å². The van der Waals surface area contributed by atoms with E-state index in [1.807, 2.05) is 28.8 Å². The van der Waals surface area contributed by atoms with Gasteiger partial charge in [0.2, 0.25) is 10.0 Å². The van der Waals surface area contributed by atoms with Crippen LogP contribution < -0.4 is 0 Å². The molecule has 1 aliphatic heterocycles. The van der Waals surface area contributed by atoms with Crippen molar-refractivity contribution in [1.82, 2.24) is 18.9 Å². The predicted octanol–water partition coefficient (Wildman–Crippen LogP) is 2.18. The Balaban J connectivity index is 1.38. The van der Waals surface area contributed by atoms with Gasteiger partial charge in [-0.05, 0) is 56.1 Å². The van der Waals surface area contributed by atoms with Gasteiger partial charge in [0.15, 0.2) is 5.65 Å². The van der Waals surface area contributed by atoms with Gasteiger partial charge in [-0.15, -0.1) is 10.2 Å². The van der Waals surface area contributed by atoms with Gasteiger partial charge in [0.25, 0.3) is 0 Å². The molecule has 0 amide bonds. The number of fused-ring (bicyclic) bond motifs is 1. The van der Waals surface area contributed by atoms with Gasteiger partial charge in [0.05, 0.1) is 5.25 Å². The van der Waals surface area contributed by atoms with Crippen LogP contribution in [0.25, 0.3) is 5.65 Å². The monoisotopic (exact) mass is 346 g/mol. The van der Waals surface area contributed by atoms with Crippen LogP contribution in [0.4, 0.5) is 0 Å². The second-order valence-corrected chi connectivity index (χ2v) is 9.97. The molecule has 3 heterocycles. The topological polar surface area (TPSA) is 67.6 Å². The molecule has 7 heteroatoms. The molecule has 0 bridgehead atoms.